The van der Waals surface area contributed by atoms with Gasteiger partial charge in [-0.1, -0.05) is 59.7 Å². The van der Waals surface area contributed by atoms with E-state index in [1.165, 1.54) is 50.1 Å². The van der Waals surface area contributed by atoms with Gasteiger partial charge in [0.2, 0.25) is 0 Å². The number of nitrogens with zero attached hydrogens (tertiary/aromatic N) is 4. The molecule has 8 heterocycles. The van der Waals surface area contributed by atoms with Gasteiger partial charge >= 0.3 is 0 Å². The number of para-hydroxylation sites is 2. The van der Waals surface area contributed by atoms with Crippen LogP contribution in [0, 0.1) is 23.7 Å². The van der Waals surface area contributed by atoms with Crippen LogP contribution in [0.25, 0.3) is 0 Å². The number of ether oxygens (including phenoxy) is 1. The summed E-state index contributed by atoms with van der Waals surface area (Å²) in [5, 5.41) is 0. The molecule has 6 saturated heterocycles. The minimum absolute atomic E-state index is 0.147. The Morgan fingerprint density at radius 3 is 1.60 bits per heavy atom. The monoisotopic (exact) mass is 570 g/mol. The second-order valence-corrected chi connectivity index (χ2v) is 15.8. The molecule has 0 N–H and O–H groups in total. The van der Waals surface area contributed by atoms with E-state index in [1.54, 1.807) is 22.3 Å². The maximum Gasteiger partial charge on any atom is 0.138 e. The van der Waals surface area contributed by atoms with E-state index in [0.717, 1.165) is 13.1 Å². The molecule has 220 valence electrons. The highest BCUT2D eigenvalue weighted by atomic mass is 16.5. The Kier molecular flexibility index (Phi) is 4.10. The molecule has 5 nitrogen and oxygen atoms in total. The summed E-state index contributed by atoms with van der Waals surface area (Å²) in [5.41, 5.74) is 10.2. The average molecular weight is 571 g/mol. The average Bonchev–Trinajstić information content (AvgIpc) is 3.80. The number of benzene rings is 2. The normalized spacial score (nSPS) is 50.7. The third-order valence-electron chi connectivity index (χ3n) is 15.3. The summed E-state index contributed by atoms with van der Waals surface area (Å²) in [6, 6.07) is 21.7. The maximum atomic E-state index is 7.78. The van der Waals surface area contributed by atoms with Crippen LogP contribution in [0.15, 0.2) is 71.8 Å². The predicted octanol–water partition coefficient (Wildman–Crippen LogP) is 5.28. The van der Waals surface area contributed by atoms with E-state index >= 15 is 0 Å². The standard InChI is InChI=1S/C38H42N4O/c1-3-21-19-39-15-13-37-25-9-5-7-11-27(25)41-33(37)31(23(21)17-29(37)39)35-42-28-12-8-6-10-26(28)38-14-16-40-20-22(4-2)24(18-30(38)40)32(34(38)42)36(41)43-35/h3-12,23-24,29-36H,13-20H2,1-2H3/t23-,24+,29-,30-,31+,32-,33-,34-,35-,36-,37+,38+/m0/s1. The van der Waals surface area contributed by atoms with Crippen molar-refractivity contribution < 1.29 is 4.74 Å². The first kappa shape index (κ1) is 23.7. The van der Waals surface area contributed by atoms with E-state index in [4.69, 9.17) is 4.74 Å². The Morgan fingerprint density at radius 2 is 1.14 bits per heavy atom. The summed E-state index contributed by atoms with van der Waals surface area (Å²) >= 11 is 0. The molecule has 2 aromatic rings. The molecule has 12 atom stereocenters. The third kappa shape index (κ3) is 2.28. The van der Waals surface area contributed by atoms with Gasteiger partial charge in [0, 0.05) is 59.2 Å². The molecule has 0 amide bonds. The Hall–Kier alpha value is -2.60. The lowest BCUT2D eigenvalue weighted by Crippen LogP contribution is -2.81. The molecule has 12 rings (SSSR count). The third-order valence-corrected chi connectivity index (χ3v) is 15.3. The van der Waals surface area contributed by atoms with Crippen LogP contribution in [0.3, 0.4) is 0 Å². The van der Waals surface area contributed by atoms with Crippen molar-refractivity contribution in [2.75, 3.05) is 36.0 Å². The van der Waals surface area contributed by atoms with Gasteiger partial charge in [0.05, 0.1) is 12.1 Å². The number of fused-ring (bicyclic) bond motifs is 14. The highest BCUT2D eigenvalue weighted by Gasteiger charge is 2.78. The zero-order valence-corrected chi connectivity index (χ0v) is 25.4. The summed E-state index contributed by atoms with van der Waals surface area (Å²) < 4.78 is 7.78. The van der Waals surface area contributed by atoms with Crippen LogP contribution in [0.4, 0.5) is 11.4 Å². The Morgan fingerprint density at radius 1 is 0.674 bits per heavy atom. The van der Waals surface area contributed by atoms with Gasteiger partial charge < -0.3 is 14.5 Å². The number of allylic oxidation sites excluding steroid dienone is 2. The van der Waals surface area contributed by atoms with Crippen molar-refractivity contribution in [2.24, 2.45) is 23.7 Å². The van der Waals surface area contributed by atoms with Gasteiger partial charge in [-0.25, -0.2) is 0 Å². The first-order valence-electron chi connectivity index (χ1n) is 17.4. The van der Waals surface area contributed by atoms with Crippen molar-refractivity contribution >= 4 is 11.4 Å². The second-order valence-electron chi connectivity index (χ2n) is 15.8. The number of hydrogen-bond acceptors (Lipinski definition) is 5. The Labute approximate surface area is 255 Å². The highest BCUT2D eigenvalue weighted by Crippen LogP contribution is 2.72. The fraction of sp³-hybridized carbons (Fsp3) is 0.579. The summed E-state index contributed by atoms with van der Waals surface area (Å²) in [6.45, 7) is 9.41. The minimum atomic E-state index is 0.147. The van der Waals surface area contributed by atoms with Crippen molar-refractivity contribution in [3.05, 3.63) is 83.0 Å². The van der Waals surface area contributed by atoms with Crippen LogP contribution in [-0.4, -0.2) is 72.6 Å². The lowest BCUT2D eigenvalue weighted by atomic mass is 9.51. The number of hydrogen-bond donors (Lipinski definition) is 0. The van der Waals surface area contributed by atoms with Crippen molar-refractivity contribution in [3.63, 3.8) is 0 Å². The molecule has 0 aromatic heterocycles. The first-order chi connectivity index (χ1) is 21.2. The Balaban J connectivity index is 1.16. The van der Waals surface area contributed by atoms with E-state index in [9.17, 15) is 0 Å². The number of piperidine rings is 2. The predicted molar refractivity (Wildman–Crippen MR) is 168 cm³/mol. The fourth-order valence-corrected chi connectivity index (χ4v) is 14.2. The molecule has 8 aliphatic heterocycles. The van der Waals surface area contributed by atoms with Crippen molar-refractivity contribution in [2.45, 2.75) is 87.0 Å². The van der Waals surface area contributed by atoms with Crippen molar-refractivity contribution in [1.82, 2.24) is 9.80 Å². The minimum Gasteiger partial charge on any atom is -0.341 e. The van der Waals surface area contributed by atoms with E-state index in [1.807, 2.05) is 0 Å². The molecule has 5 heteroatoms. The fourth-order valence-electron chi connectivity index (χ4n) is 14.2. The van der Waals surface area contributed by atoms with E-state index in [2.05, 4.69) is 94.1 Å². The van der Waals surface area contributed by atoms with Crippen LogP contribution in [0.5, 0.6) is 0 Å². The molecular formula is C38H42N4O. The van der Waals surface area contributed by atoms with Crippen molar-refractivity contribution in [3.8, 4) is 0 Å². The molecule has 0 unspecified atom stereocenters. The molecule has 6 bridgehead atoms. The van der Waals surface area contributed by atoms with Gasteiger partial charge in [-0.15, -0.1) is 0 Å². The molecule has 2 saturated carbocycles. The first-order valence-corrected chi connectivity index (χ1v) is 17.4. The van der Waals surface area contributed by atoms with Crippen LogP contribution < -0.4 is 9.80 Å². The van der Waals surface area contributed by atoms with Crippen LogP contribution >= 0.6 is 0 Å². The Bertz CT molecular complexity index is 1560. The molecule has 43 heavy (non-hydrogen) atoms. The zero-order chi connectivity index (χ0) is 28.0. The van der Waals surface area contributed by atoms with Gasteiger partial charge in [0.25, 0.3) is 0 Å². The SMILES string of the molecule is CC=C1CN2CC[C@]34c5ccccc5N5[C@H]3[C@H]([C@@H]1C[C@H]24)[C@@H]1O[C@H]5[C@H]2[C@@H]3N1c1ccccc1[C@@]31CCN3CC(=CC)[C@@H]2C[C@H]31. The van der Waals surface area contributed by atoms with Gasteiger partial charge in [-0.05, 0) is 87.7 Å². The van der Waals surface area contributed by atoms with Crippen LogP contribution in [-0.2, 0) is 15.6 Å². The van der Waals surface area contributed by atoms with Gasteiger partial charge in [0.15, 0.2) is 0 Å². The quantitative estimate of drug-likeness (QED) is 0.401. The zero-order valence-electron chi connectivity index (χ0n) is 25.4. The summed E-state index contributed by atoms with van der Waals surface area (Å²) in [7, 11) is 0. The van der Waals surface area contributed by atoms with Crippen LogP contribution in [0.1, 0.15) is 50.7 Å². The lowest BCUT2D eigenvalue weighted by Gasteiger charge is -2.69. The molecule has 10 aliphatic rings. The topological polar surface area (TPSA) is 22.2 Å². The molecule has 0 radical (unpaired) electrons. The summed E-state index contributed by atoms with van der Waals surface area (Å²) in [6.07, 6.45) is 10.5. The van der Waals surface area contributed by atoms with Crippen molar-refractivity contribution in [1.29, 1.82) is 0 Å². The molecule has 2 aromatic carbocycles. The summed E-state index contributed by atoms with van der Waals surface area (Å²) in [5.74, 6) is 2.16. The van der Waals surface area contributed by atoms with Crippen LogP contribution in [0.2, 0.25) is 0 Å². The smallest absolute Gasteiger partial charge is 0.138 e. The van der Waals surface area contributed by atoms with E-state index < -0.39 is 0 Å². The van der Waals surface area contributed by atoms with Gasteiger partial charge in [-0.2, -0.15) is 0 Å². The molecule has 2 spiro atoms. The molecule has 2 aliphatic carbocycles. The number of anilines is 2. The molecular weight excluding hydrogens is 528 g/mol. The van der Waals surface area contributed by atoms with Gasteiger partial charge in [0.1, 0.15) is 12.5 Å². The lowest BCUT2D eigenvalue weighted by molar-refractivity contribution is -0.198. The maximum absolute atomic E-state index is 7.78. The largest absolute Gasteiger partial charge is 0.341 e. The van der Waals surface area contributed by atoms with E-state index in [0.29, 0.717) is 47.8 Å². The number of rotatable bonds is 0. The van der Waals surface area contributed by atoms with Gasteiger partial charge in [-0.3, -0.25) is 9.80 Å². The molecule has 8 fully saturated rings. The van der Waals surface area contributed by atoms with E-state index in [-0.39, 0.29) is 23.3 Å². The highest BCUT2D eigenvalue weighted by molar-refractivity contribution is 5.73. The second kappa shape index (κ2) is 7.43. The summed E-state index contributed by atoms with van der Waals surface area (Å²) in [4.78, 5) is 11.7.